The summed E-state index contributed by atoms with van der Waals surface area (Å²) in [7, 11) is 0. The zero-order chi connectivity index (χ0) is 16.7. The van der Waals surface area contributed by atoms with Gasteiger partial charge in [0.15, 0.2) is 0 Å². The lowest BCUT2D eigenvalue weighted by Crippen LogP contribution is -2.19. The van der Waals surface area contributed by atoms with Gasteiger partial charge in [-0.2, -0.15) is 0 Å². The van der Waals surface area contributed by atoms with Gasteiger partial charge in [0, 0.05) is 24.3 Å². The fourth-order valence-corrected chi connectivity index (χ4v) is 2.18. The van der Waals surface area contributed by atoms with Crippen molar-refractivity contribution < 1.29 is 9.84 Å². The predicted octanol–water partition coefficient (Wildman–Crippen LogP) is 2.54. The van der Waals surface area contributed by atoms with Crippen molar-refractivity contribution in [3.8, 4) is 5.75 Å². The fraction of sp³-hybridized carbons (Fsp3) is 0.412. The maximum atomic E-state index is 12.0. The smallest absolute Gasteiger partial charge is 0.255 e. The number of nitrogens with zero attached hydrogens (tertiary/aromatic N) is 1. The number of ether oxygens (including phenoxy) is 1. The van der Waals surface area contributed by atoms with E-state index >= 15 is 0 Å². The number of hydrogen-bond acceptors (Lipinski definition) is 5. The lowest BCUT2D eigenvalue weighted by Gasteiger charge is -2.10. The van der Waals surface area contributed by atoms with Gasteiger partial charge in [0.05, 0.1) is 12.3 Å². The van der Waals surface area contributed by atoms with Crippen molar-refractivity contribution in [2.45, 2.75) is 33.1 Å². The van der Waals surface area contributed by atoms with Crippen molar-refractivity contribution in [2.75, 3.05) is 18.5 Å². The molecule has 6 heteroatoms. The molecular formula is C17H23N3O3. The number of nitrogens with one attached hydrogen (secondary N) is 2. The molecule has 0 amide bonds. The van der Waals surface area contributed by atoms with Gasteiger partial charge >= 0.3 is 0 Å². The minimum Gasteiger partial charge on any atom is -0.494 e. The summed E-state index contributed by atoms with van der Waals surface area (Å²) < 4.78 is 5.61. The van der Waals surface area contributed by atoms with Crippen LogP contribution in [-0.2, 0) is 6.42 Å². The van der Waals surface area contributed by atoms with Crippen LogP contribution in [0.15, 0.2) is 29.1 Å². The Morgan fingerprint density at radius 3 is 2.65 bits per heavy atom. The van der Waals surface area contributed by atoms with E-state index in [9.17, 15) is 4.79 Å². The Kier molecular flexibility index (Phi) is 6.17. The third-order valence-electron chi connectivity index (χ3n) is 3.47. The standard InChI is InChI=1S/C17H23N3O3/c1-3-4-11-23-14-7-5-13(6-8-14)19-17-18-12(2)15(9-10-21)16(22)20-17/h5-8,21H,3-4,9-11H2,1-2H3,(H2,18,19,20,22). The third kappa shape index (κ3) is 4.82. The highest BCUT2D eigenvalue weighted by molar-refractivity contribution is 5.54. The molecule has 23 heavy (non-hydrogen) atoms. The Balaban J connectivity index is 2.06. The van der Waals surface area contributed by atoms with E-state index in [-0.39, 0.29) is 12.2 Å². The molecule has 0 spiro atoms. The van der Waals surface area contributed by atoms with Crippen LogP contribution in [0.4, 0.5) is 11.6 Å². The van der Waals surface area contributed by atoms with E-state index in [1.54, 1.807) is 6.92 Å². The van der Waals surface area contributed by atoms with Crippen molar-refractivity contribution in [3.05, 3.63) is 45.9 Å². The van der Waals surface area contributed by atoms with Gasteiger partial charge in [-0.05, 0) is 37.6 Å². The summed E-state index contributed by atoms with van der Waals surface area (Å²) in [5, 5.41) is 12.0. The number of rotatable bonds is 8. The SMILES string of the molecule is CCCCOc1ccc(Nc2nc(C)c(CCO)c(=O)[nH]2)cc1. The minimum atomic E-state index is -0.228. The molecular weight excluding hydrogens is 294 g/mol. The van der Waals surface area contributed by atoms with Crippen LogP contribution in [0, 0.1) is 6.92 Å². The van der Waals surface area contributed by atoms with E-state index in [4.69, 9.17) is 9.84 Å². The zero-order valence-corrected chi connectivity index (χ0v) is 13.6. The molecule has 6 nitrogen and oxygen atoms in total. The highest BCUT2D eigenvalue weighted by Crippen LogP contribution is 2.18. The van der Waals surface area contributed by atoms with Crippen LogP contribution in [-0.4, -0.2) is 28.3 Å². The van der Waals surface area contributed by atoms with Gasteiger partial charge in [-0.25, -0.2) is 4.98 Å². The van der Waals surface area contributed by atoms with Crippen LogP contribution >= 0.6 is 0 Å². The molecule has 0 aliphatic heterocycles. The number of H-pyrrole nitrogens is 1. The highest BCUT2D eigenvalue weighted by Gasteiger charge is 2.07. The van der Waals surface area contributed by atoms with Crippen LogP contribution in [0.3, 0.4) is 0 Å². The molecule has 1 heterocycles. The number of anilines is 2. The van der Waals surface area contributed by atoms with Gasteiger partial charge in [-0.3, -0.25) is 9.78 Å². The average molecular weight is 317 g/mol. The van der Waals surface area contributed by atoms with Crippen LogP contribution in [0.2, 0.25) is 0 Å². The van der Waals surface area contributed by atoms with Crippen molar-refractivity contribution in [2.24, 2.45) is 0 Å². The molecule has 0 saturated carbocycles. The second-order valence-corrected chi connectivity index (χ2v) is 5.30. The van der Waals surface area contributed by atoms with Gasteiger partial charge < -0.3 is 15.2 Å². The van der Waals surface area contributed by atoms with Gasteiger partial charge in [-0.15, -0.1) is 0 Å². The predicted molar refractivity (Wildman–Crippen MR) is 90.5 cm³/mol. The van der Waals surface area contributed by atoms with Crippen LogP contribution < -0.4 is 15.6 Å². The zero-order valence-electron chi connectivity index (χ0n) is 13.6. The monoisotopic (exact) mass is 317 g/mol. The average Bonchev–Trinajstić information content (AvgIpc) is 2.53. The first-order valence-electron chi connectivity index (χ1n) is 7.84. The summed E-state index contributed by atoms with van der Waals surface area (Å²) in [5.41, 5.74) is 1.71. The van der Waals surface area contributed by atoms with Gasteiger partial charge in [0.2, 0.25) is 5.95 Å². The number of unbranched alkanes of at least 4 members (excludes halogenated alkanes) is 1. The lowest BCUT2D eigenvalue weighted by molar-refractivity contribution is 0.298. The number of aryl methyl sites for hydroxylation is 1. The van der Waals surface area contributed by atoms with Crippen molar-refractivity contribution >= 4 is 11.6 Å². The van der Waals surface area contributed by atoms with Crippen molar-refractivity contribution in [1.29, 1.82) is 0 Å². The van der Waals surface area contributed by atoms with E-state index in [0.29, 0.717) is 30.2 Å². The molecule has 0 unspecified atom stereocenters. The Morgan fingerprint density at radius 2 is 2.04 bits per heavy atom. The molecule has 1 aromatic heterocycles. The molecule has 124 valence electrons. The second-order valence-electron chi connectivity index (χ2n) is 5.30. The molecule has 2 rings (SSSR count). The second kappa shape index (κ2) is 8.33. The largest absolute Gasteiger partial charge is 0.494 e. The van der Waals surface area contributed by atoms with E-state index in [1.807, 2.05) is 24.3 Å². The fourth-order valence-electron chi connectivity index (χ4n) is 2.18. The molecule has 2 aromatic rings. The Morgan fingerprint density at radius 1 is 1.30 bits per heavy atom. The normalized spacial score (nSPS) is 10.6. The molecule has 0 bridgehead atoms. The minimum absolute atomic E-state index is 0.0716. The number of benzene rings is 1. The summed E-state index contributed by atoms with van der Waals surface area (Å²) in [5.74, 6) is 1.20. The number of aliphatic hydroxyl groups excluding tert-OH is 1. The maximum Gasteiger partial charge on any atom is 0.255 e. The summed E-state index contributed by atoms with van der Waals surface area (Å²) in [4.78, 5) is 19.0. The van der Waals surface area contributed by atoms with Gasteiger partial charge in [0.1, 0.15) is 5.75 Å². The van der Waals surface area contributed by atoms with Gasteiger partial charge in [0.25, 0.3) is 5.56 Å². The molecule has 1 aromatic carbocycles. The number of aliphatic hydroxyl groups is 1. The van der Waals surface area contributed by atoms with E-state index in [2.05, 4.69) is 22.2 Å². The molecule has 0 aliphatic carbocycles. The molecule has 0 saturated heterocycles. The van der Waals surface area contributed by atoms with E-state index in [1.165, 1.54) is 0 Å². The molecule has 0 fully saturated rings. The van der Waals surface area contributed by atoms with Crippen molar-refractivity contribution in [1.82, 2.24) is 9.97 Å². The first-order valence-corrected chi connectivity index (χ1v) is 7.84. The van der Waals surface area contributed by atoms with Crippen LogP contribution in [0.5, 0.6) is 5.75 Å². The first kappa shape index (κ1) is 17.0. The summed E-state index contributed by atoms with van der Waals surface area (Å²) in [6.07, 6.45) is 2.44. The Labute approximate surface area is 135 Å². The van der Waals surface area contributed by atoms with Crippen LogP contribution in [0.1, 0.15) is 31.0 Å². The van der Waals surface area contributed by atoms with E-state index < -0.39 is 0 Å². The third-order valence-corrected chi connectivity index (χ3v) is 3.47. The molecule has 0 radical (unpaired) electrons. The van der Waals surface area contributed by atoms with Crippen LogP contribution in [0.25, 0.3) is 0 Å². The molecule has 0 aliphatic rings. The highest BCUT2D eigenvalue weighted by atomic mass is 16.5. The Bertz CT molecular complexity index is 680. The summed E-state index contributed by atoms with van der Waals surface area (Å²) in [6, 6.07) is 7.50. The van der Waals surface area contributed by atoms with Crippen molar-refractivity contribution in [3.63, 3.8) is 0 Å². The lowest BCUT2D eigenvalue weighted by atomic mass is 10.2. The van der Waals surface area contributed by atoms with Gasteiger partial charge in [-0.1, -0.05) is 13.3 Å². The summed E-state index contributed by atoms with van der Waals surface area (Å²) >= 11 is 0. The topological polar surface area (TPSA) is 87.2 Å². The van der Waals surface area contributed by atoms with E-state index in [0.717, 1.165) is 24.3 Å². The quantitative estimate of drug-likeness (QED) is 0.651. The summed E-state index contributed by atoms with van der Waals surface area (Å²) in [6.45, 7) is 4.52. The number of aromatic nitrogens is 2. The molecule has 0 atom stereocenters. The Hall–Kier alpha value is -2.34. The number of hydrogen-bond donors (Lipinski definition) is 3. The first-order chi connectivity index (χ1) is 11.1. The number of aromatic amines is 1. The molecule has 3 N–H and O–H groups in total. The maximum absolute atomic E-state index is 12.0.